The summed E-state index contributed by atoms with van der Waals surface area (Å²) in [6.07, 6.45) is 2.10. The van der Waals surface area contributed by atoms with Crippen LogP contribution in [0.15, 0.2) is 48.5 Å². The number of anilines is 2. The molecule has 1 aliphatic heterocycles. The summed E-state index contributed by atoms with van der Waals surface area (Å²) in [7, 11) is 0. The van der Waals surface area contributed by atoms with Crippen molar-refractivity contribution < 1.29 is 4.39 Å². The van der Waals surface area contributed by atoms with Gasteiger partial charge in [0.1, 0.15) is 5.82 Å². The highest BCUT2D eigenvalue weighted by Crippen LogP contribution is 2.31. The summed E-state index contributed by atoms with van der Waals surface area (Å²) in [6.45, 7) is 4.05. The minimum absolute atomic E-state index is 0.274. The Labute approximate surface area is 147 Å². The highest BCUT2D eigenvalue weighted by molar-refractivity contribution is 7.80. The van der Waals surface area contributed by atoms with Crippen LogP contribution in [-0.4, -0.2) is 24.2 Å². The van der Waals surface area contributed by atoms with Crippen LogP contribution in [0.3, 0.4) is 0 Å². The summed E-state index contributed by atoms with van der Waals surface area (Å²) in [5.74, 6) is -0.274. The van der Waals surface area contributed by atoms with E-state index >= 15 is 0 Å². The molecule has 0 radical (unpaired) electrons. The smallest absolute Gasteiger partial charge is 0.170 e. The molecule has 0 saturated heterocycles. The molecule has 1 atom stereocenters. The van der Waals surface area contributed by atoms with Crippen LogP contribution in [0, 0.1) is 5.82 Å². The first kappa shape index (κ1) is 16.7. The molecule has 1 unspecified atom stereocenters. The van der Waals surface area contributed by atoms with Crippen LogP contribution >= 0.6 is 12.2 Å². The second-order valence-electron chi connectivity index (χ2n) is 6.12. The fourth-order valence-corrected chi connectivity index (χ4v) is 3.38. The summed E-state index contributed by atoms with van der Waals surface area (Å²) in [5, 5.41) is 6.71. The number of para-hydroxylation sites is 1. The molecule has 2 aromatic carbocycles. The summed E-state index contributed by atoms with van der Waals surface area (Å²) >= 11 is 5.26. The van der Waals surface area contributed by atoms with Crippen LogP contribution in [0.5, 0.6) is 0 Å². The molecule has 0 amide bonds. The van der Waals surface area contributed by atoms with Crippen molar-refractivity contribution in [1.29, 1.82) is 0 Å². The van der Waals surface area contributed by atoms with Crippen molar-refractivity contribution in [2.24, 2.45) is 0 Å². The monoisotopic (exact) mass is 343 g/mol. The SMILES string of the molecule is CC1Cc2ccccc2N1CCCNC(=S)Nc1cccc(F)c1. The first-order valence-corrected chi connectivity index (χ1v) is 8.69. The molecule has 0 aliphatic carbocycles. The van der Waals surface area contributed by atoms with E-state index in [1.807, 2.05) is 0 Å². The second-order valence-corrected chi connectivity index (χ2v) is 6.53. The lowest BCUT2D eigenvalue weighted by Gasteiger charge is -2.25. The second kappa shape index (κ2) is 7.62. The first-order valence-electron chi connectivity index (χ1n) is 8.28. The summed E-state index contributed by atoms with van der Waals surface area (Å²) < 4.78 is 13.1. The lowest BCUT2D eigenvalue weighted by Crippen LogP contribution is -2.34. The van der Waals surface area contributed by atoms with Gasteiger partial charge in [0.25, 0.3) is 0 Å². The molecular formula is C19H22FN3S. The molecule has 0 spiro atoms. The zero-order chi connectivity index (χ0) is 16.9. The van der Waals surface area contributed by atoms with Crippen molar-refractivity contribution >= 4 is 28.7 Å². The van der Waals surface area contributed by atoms with Crippen molar-refractivity contribution in [3.63, 3.8) is 0 Å². The zero-order valence-corrected chi connectivity index (χ0v) is 14.6. The quantitative estimate of drug-likeness (QED) is 0.635. The fraction of sp³-hybridized carbons (Fsp3) is 0.316. The van der Waals surface area contributed by atoms with Gasteiger partial charge in [-0.25, -0.2) is 4.39 Å². The maximum Gasteiger partial charge on any atom is 0.170 e. The zero-order valence-electron chi connectivity index (χ0n) is 13.8. The highest BCUT2D eigenvalue weighted by Gasteiger charge is 2.24. The minimum atomic E-state index is -0.274. The van der Waals surface area contributed by atoms with Crippen molar-refractivity contribution in [2.75, 3.05) is 23.3 Å². The molecule has 126 valence electrons. The molecule has 1 heterocycles. The Kier molecular flexibility index (Phi) is 5.30. The van der Waals surface area contributed by atoms with Gasteiger partial charge in [-0.05, 0) is 61.8 Å². The van der Waals surface area contributed by atoms with Crippen LogP contribution in [0.2, 0.25) is 0 Å². The third kappa shape index (κ3) is 4.03. The van der Waals surface area contributed by atoms with E-state index in [2.05, 4.69) is 46.7 Å². The summed E-state index contributed by atoms with van der Waals surface area (Å²) in [4.78, 5) is 2.46. The molecule has 3 rings (SSSR count). The number of nitrogens with one attached hydrogen (secondary N) is 2. The lowest BCUT2D eigenvalue weighted by molar-refractivity contribution is 0.628. The fourth-order valence-electron chi connectivity index (χ4n) is 3.16. The number of nitrogens with zero attached hydrogens (tertiary/aromatic N) is 1. The molecule has 2 N–H and O–H groups in total. The summed E-state index contributed by atoms with van der Waals surface area (Å²) in [6, 6.07) is 15.4. The number of hydrogen-bond donors (Lipinski definition) is 2. The van der Waals surface area contributed by atoms with E-state index < -0.39 is 0 Å². The van der Waals surface area contributed by atoms with Crippen molar-refractivity contribution in [2.45, 2.75) is 25.8 Å². The molecular weight excluding hydrogens is 321 g/mol. The highest BCUT2D eigenvalue weighted by atomic mass is 32.1. The number of rotatable bonds is 5. The van der Waals surface area contributed by atoms with Crippen LogP contribution in [0.25, 0.3) is 0 Å². The molecule has 0 bridgehead atoms. The Bertz CT molecular complexity index is 719. The van der Waals surface area contributed by atoms with Crippen LogP contribution < -0.4 is 15.5 Å². The predicted molar refractivity (Wildman–Crippen MR) is 102 cm³/mol. The average molecular weight is 343 g/mol. The topological polar surface area (TPSA) is 27.3 Å². The van der Waals surface area contributed by atoms with Crippen molar-refractivity contribution in [1.82, 2.24) is 5.32 Å². The average Bonchev–Trinajstić information content (AvgIpc) is 2.87. The van der Waals surface area contributed by atoms with Gasteiger partial charge in [-0.15, -0.1) is 0 Å². The van der Waals surface area contributed by atoms with E-state index in [1.165, 1.54) is 23.4 Å². The van der Waals surface area contributed by atoms with E-state index in [4.69, 9.17) is 12.2 Å². The third-order valence-corrected chi connectivity index (χ3v) is 4.54. The normalized spacial score (nSPS) is 15.9. The number of fused-ring (bicyclic) bond motifs is 1. The van der Waals surface area contributed by atoms with Crippen LogP contribution in [0.4, 0.5) is 15.8 Å². The van der Waals surface area contributed by atoms with Gasteiger partial charge in [0.2, 0.25) is 0 Å². The van der Waals surface area contributed by atoms with Gasteiger partial charge >= 0.3 is 0 Å². The Morgan fingerprint density at radius 2 is 2.08 bits per heavy atom. The van der Waals surface area contributed by atoms with Gasteiger partial charge in [-0.2, -0.15) is 0 Å². The van der Waals surface area contributed by atoms with E-state index in [9.17, 15) is 4.39 Å². The Morgan fingerprint density at radius 1 is 1.25 bits per heavy atom. The number of benzene rings is 2. The van der Waals surface area contributed by atoms with Gasteiger partial charge in [0.05, 0.1) is 0 Å². The maximum absolute atomic E-state index is 13.1. The number of thiocarbonyl (C=S) groups is 1. The van der Waals surface area contributed by atoms with E-state index in [0.29, 0.717) is 16.8 Å². The predicted octanol–water partition coefficient (Wildman–Crippen LogP) is 3.95. The molecule has 0 aromatic heterocycles. The molecule has 1 aliphatic rings. The molecule has 0 saturated carbocycles. The van der Waals surface area contributed by atoms with Gasteiger partial charge in [-0.1, -0.05) is 24.3 Å². The van der Waals surface area contributed by atoms with Gasteiger partial charge < -0.3 is 15.5 Å². The molecule has 2 aromatic rings. The Balaban J connectivity index is 1.43. The van der Waals surface area contributed by atoms with Crippen molar-refractivity contribution in [3.05, 3.63) is 59.9 Å². The molecule has 0 fully saturated rings. The van der Waals surface area contributed by atoms with Gasteiger partial charge in [-0.3, -0.25) is 0 Å². The van der Waals surface area contributed by atoms with Gasteiger partial charge in [0.15, 0.2) is 5.11 Å². The van der Waals surface area contributed by atoms with Crippen LogP contribution in [-0.2, 0) is 6.42 Å². The van der Waals surface area contributed by atoms with Gasteiger partial charge in [0, 0.05) is 30.5 Å². The minimum Gasteiger partial charge on any atom is -0.368 e. The Hall–Kier alpha value is -2.14. The largest absolute Gasteiger partial charge is 0.368 e. The third-order valence-electron chi connectivity index (χ3n) is 4.29. The van der Waals surface area contributed by atoms with E-state index in [1.54, 1.807) is 12.1 Å². The number of halogens is 1. The summed E-state index contributed by atoms with van der Waals surface area (Å²) in [5.41, 5.74) is 3.45. The standard InChI is InChI=1S/C19H22FN3S/c1-14-12-15-6-2-3-9-18(15)23(14)11-5-10-21-19(24)22-17-8-4-7-16(20)13-17/h2-4,6-9,13-14H,5,10-12H2,1H3,(H2,21,22,24). The van der Waals surface area contributed by atoms with Crippen molar-refractivity contribution in [3.8, 4) is 0 Å². The lowest BCUT2D eigenvalue weighted by atomic mass is 10.1. The number of hydrogen-bond acceptors (Lipinski definition) is 2. The maximum atomic E-state index is 13.1. The molecule has 5 heteroatoms. The van der Waals surface area contributed by atoms with Crippen LogP contribution in [0.1, 0.15) is 18.9 Å². The first-order chi connectivity index (χ1) is 11.6. The van der Waals surface area contributed by atoms with E-state index in [-0.39, 0.29) is 5.82 Å². The molecule has 3 nitrogen and oxygen atoms in total. The Morgan fingerprint density at radius 3 is 2.92 bits per heavy atom. The molecule has 24 heavy (non-hydrogen) atoms. The van der Waals surface area contributed by atoms with E-state index in [0.717, 1.165) is 25.9 Å².